The minimum atomic E-state index is -1.24. The predicted molar refractivity (Wildman–Crippen MR) is 59.5 cm³/mol. The van der Waals surface area contributed by atoms with Gasteiger partial charge in [-0.15, -0.1) is 0 Å². The Kier molecular flexibility index (Phi) is 4.96. The molecule has 92 valence electrons. The van der Waals surface area contributed by atoms with Gasteiger partial charge in [0.25, 0.3) is 0 Å². The molecule has 0 aromatic carbocycles. The van der Waals surface area contributed by atoms with Gasteiger partial charge in [-0.1, -0.05) is 6.08 Å². The van der Waals surface area contributed by atoms with E-state index in [2.05, 4.69) is 0 Å². The van der Waals surface area contributed by atoms with E-state index < -0.39 is 6.29 Å². The topological polar surface area (TPSA) is 66.8 Å². The lowest BCUT2D eigenvalue weighted by atomic mass is 9.87. The van der Waals surface area contributed by atoms with E-state index in [0.717, 1.165) is 0 Å². The van der Waals surface area contributed by atoms with Gasteiger partial charge in [-0.25, -0.2) is 4.79 Å². The van der Waals surface area contributed by atoms with Gasteiger partial charge in [-0.05, 0) is 39.5 Å². The monoisotopic (exact) mass is 228 g/mol. The van der Waals surface area contributed by atoms with Gasteiger partial charge >= 0.3 is 5.97 Å². The van der Waals surface area contributed by atoms with Crippen molar-refractivity contribution in [3.63, 3.8) is 0 Å². The fourth-order valence-corrected chi connectivity index (χ4v) is 1.87. The third kappa shape index (κ3) is 3.61. The maximum atomic E-state index is 11.5. The Hall–Kier alpha value is -0.870. The van der Waals surface area contributed by atoms with Gasteiger partial charge in [0.1, 0.15) is 6.10 Å². The van der Waals surface area contributed by atoms with Gasteiger partial charge in [-0.3, -0.25) is 0 Å². The SMILES string of the molecule is CC=C(C)C(=O)OC1CCC(C(O)O)CC1. The molecular formula is C12H20O4. The van der Waals surface area contributed by atoms with E-state index in [1.807, 2.05) is 0 Å². The first-order valence-electron chi connectivity index (χ1n) is 5.74. The van der Waals surface area contributed by atoms with E-state index in [-0.39, 0.29) is 18.0 Å². The molecule has 0 aliphatic heterocycles. The predicted octanol–water partition coefficient (Wildman–Crippen LogP) is 1.37. The summed E-state index contributed by atoms with van der Waals surface area (Å²) in [6, 6.07) is 0. The van der Waals surface area contributed by atoms with Crippen molar-refractivity contribution in [2.45, 2.75) is 51.9 Å². The van der Waals surface area contributed by atoms with Crippen molar-refractivity contribution in [1.29, 1.82) is 0 Å². The number of aliphatic hydroxyl groups excluding tert-OH is 1. The Labute approximate surface area is 95.9 Å². The van der Waals surface area contributed by atoms with Crippen LogP contribution in [0.4, 0.5) is 0 Å². The second kappa shape index (κ2) is 6.01. The molecule has 16 heavy (non-hydrogen) atoms. The Balaban J connectivity index is 2.35. The highest BCUT2D eigenvalue weighted by Crippen LogP contribution is 2.28. The highest BCUT2D eigenvalue weighted by atomic mass is 16.5. The molecule has 2 N–H and O–H groups in total. The van der Waals surface area contributed by atoms with E-state index in [9.17, 15) is 4.79 Å². The van der Waals surface area contributed by atoms with E-state index in [1.54, 1.807) is 19.9 Å². The van der Waals surface area contributed by atoms with Crippen molar-refractivity contribution in [3.8, 4) is 0 Å². The number of allylic oxidation sites excluding steroid dienone is 1. The number of rotatable bonds is 3. The van der Waals surface area contributed by atoms with Gasteiger partial charge in [0.05, 0.1) is 0 Å². The standard InChI is InChI=1S/C12H20O4/c1-3-8(2)12(15)16-10-6-4-9(5-7-10)11(13)14/h3,9-11,13-14H,4-7H2,1-2H3. The quantitative estimate of drug-likeness (QED) is 0.435. The van der Waals surface area contributed by atoms with Crippen LogP contribution in [0, 0.1) is 5.92 Å². The van der Waals surface area contributed by atoms with Crippen LogP contribution < -0.4 is 0 Å². The van der Waals surface area contributed by atoms with Crippen molar-refractivity contribution in [2.75, 3.05) is 0 Å². The summed E-state index contributed by atoms with van der Waals surface area (Å²) in [5, 5.41) is 18.0. The van der Waals surface area contributed by atoms with E-state index in [1.165, 1.54) is 0 Å². The summed E-state index contributed by atoms with van der Waals surface area (Å²) in [5.41, 5.74) is 0.615. The summed E-state index contributed by atoms with van der Waals surface area (Å²) in [6.45, 7) is 3.53. The van der Waals surface area contributed by atoms with Crippen LogP contribution in [-0.2, 0) is 9.53 Å². The lowest BCUT2D eigenvalue weighted by Crippen LogP contribution is -2.30. The second-order valence-corrected chi connectivity index (χ2v) is 4.33. The number of carbonyl (C=O) groups excluding carboxylic acids is 1. The number of ether oxygens (including phenoxy) is 1. The summed E-state index contributed by atoms with van der Waals surface area (Å²) in [5.74, 6) is -0.340. The van der Waals surface area contributed by atoms with Crippen LogP contribution in [0.5, 0.6) is 0 Å². The molecule has 1 aliphatic carbocycles. The number of aliphatic hydroxyl groups is 2. The summed E-state index contributed by atoms with van der Waals surface area (Å²) in [6.07, 6.45) is 3.24. The third-order valence-corrected chi connectivity index (χ3v) is 3.17. The lowest BCUT2D eigenvalue weighted by molar-refractivity contribution is -0.148. The summed E-state index contributed by atoms with van der Waals surface area (Å²) in [4.78, 5) is 11.5. The van der Waals surface area contributed by atoms with Crippen molar-refractivity contribution >= 4 is 5.97 Å². The van der Waals surface area contributed by atoms with Crippen LogP contribution in [0.1, 0.15) is 39.5 Å². The molecule has 1 saturated carbocycles. The van der Waals surface area contributed by atoms with Gasteiger partial charge < -0.3 is 14.9 Å². The first-order chi connectivity index (χ1) is 7.54. The minimum absolute atomic E-state index is 0.0715. The van der Waals surface area contributed by atoms with Crippen LogP contribution >= 0.6 is 0 Å². The molecule has 1 rings (SSSR count). The Bertz CT molecular complexity index is 262. The van der Waals surface area contributed by atoms with Crippen LogP contribution in [-0.4, -0.2) is 28.6 Å². The zero-order valence-electron chi connectivity index (χ0n) is 9.85. The van der Waals surface area contributed by atoms with Gasteiger partial charge in [0.2, 0.25) is 0 Å². The molecule has 4 nitrogen and oxygen atoms in total. The van der Waals surface area contributed by atoms with Gasteiger partial charge in [-0.2, -0.15) is 0 Å². The molecule has 0 bridgehead atoms. The molecule has 0 unspecified atom stereocenters. The molecular weight excluding hydrogens is 208 g/mol. The Morgan fingerprint density at radius 3 is 2.31 bits per heavy atom. The molecule has 1 fully saturated rings. The molecule has 0 saturated heterocycles. The van der Waals surface area contributed by atoms with E-state index >= 15 is 0 Å². The fraction of sp³-hybridized carbons (Fsp3) is 0.750. The van der Waals surface area contributed by atoms with Crippen molar-refractivity contribution in [1.82, 2.24) is 0 Å². The second-order valence-electron chi connectivity index (χ2n) is 4.33. The molecule has 1 aliphatic rings. The minimum Gasteiger partial charge on any atom is -0.459 e. The first kappa shape index (κ1) is 13.2. The molecule has 0 amide bonds. The summed E-state index contributed by atoms with van der Waals surface area (Å²) >= 11 is 0. The zero-order chi connectivity index (χ0) is 12.1. The fourth-order valence-electron chi connectivity index (χ4n) is 1.87. The highest BCUT2D eigenvalue weighted by molar-refractivity contribution is 5.87. The normalized spacial score (nSPS) is 26.9. The largest absolute Gasteiger partial charge is 0.459 e. The van der Waals surface area contributed by atoms with Gasteiger partial charge in [0.15, 0.2) is 6.29 Å². The first-order valence-corrected chi connectivity index (χ1v) is 5.74. The zero-order valence-corrected chi connectivity index (χ0v) is 9.85. The average molecular weight is 228 g/mol. The van der Waals surface area contributed by atoms with Crippen LogP contribution in [0.2, 0.25) is 0 Å². The van der Waals surface area contributed by atoms with Crippen molar-refractivity contribution in [2.24, 2.45) is 5.92 Å². The molecule has 0 spiro atoms. The smallest absolute Gasteiger partial charge is 0.333 e. The number of esters is 1. The van der Waals surface area contributed by atoms with Crippen molar-refractivity contribution < 1.29 is 19.7 Å². The van der Waals surface area contributed by atoms with E-state index in [4.69, 9.17) is 14.9 Å². The highest BCUT2D eigenvalue weighted by Gasteiger charge is 2.27. The van der Waals surface area contributed by atoms with Crippen molar-refractivity contribution in [3.05, 3.63) is 11.6 Å². The average Bonchev–Trinajstić information content (AvgIpc) is 2.28. The molecule has 0 aromatic rings. The summed E-state index contributed by atoms with van der Waals surface area (Å²) in [7, 11) is 0. The Morgan fingerprint density at radius 1 is 1.31 bits per heavy atom. The third-order valence-electron chi connectivity index (χ3n) is 3.17. The molecule has 0 heterocycles. The maximum absolute atomic E-state index is 11.5. The molecule has 0 aromatic heterocycles. The molecule has 0 atom stereocenters. The lowest BCUT2D eigenvalue weighted by Gasteiger charge is -2.29. The Morgan fingerprint density at radius 2 is 1.88 bits per heavy atom. The molecule has 0 radical (unpaired) electrons. The number of hydrogen-bond donors (Lipinski definition) is 2. The molecule has 4 heteroatoms. The van der Waals surface area contributed by atoms with Gasteiger partial charge in [0, 0.05) is 11.5 Å². The van der Waals surface area contributed by atoms with Crippen LogP contribution in [0.15, 0.2) is 11.6 Å². The van der Waals surface area contributed by atoms with Crippen LogP contribution in [0.25, 0.3) is 0 Å². The number of carbonyl (C=O) groups is 1. The van der Waals surface area contributed by atoms with E-state index in [0.29, 0.717) is 31.3 Å². The van der Waals surface area contributed by atoms with Crippen LogP contribution in [0.3, 0.4) is 0 Å². The maximum Gasteiger partial charge on any atom is 0.333 e. The number of hydrogen-bond acceptors (Lipinski definition) is 4. The summed E-state index contributed by atoms with van der Waals surface area (Å²) < 4.78 is 5.30.